The third-order valence-electron chi connectivity index (χ3n) is 1.98. The Morgan fingerprint density at radius 3 is 2.36 bits per heavy atom. The fraction of sp³-hybridized carbons (Fsp3) is 0. The van der Waals surface area contributed by atoms with Crippen LogP contribution >= 0.6 is 0 Å². The van der Waals surface area contributed by atoms with Gasteiger partial charge in [-0.3, -0.25) is 0 Å². The number of aromatic hydroxyl groups is 1. The first kappa shape index (κ1) is 8.56. The Morgan fingerprint density at radius 1 is 1.00 bits per heavy atom. The normalized spacial score (nSPS) is 10.0. The van der Waals surface area contributed by atoms with Gasteiger partial charge >= 0.3 is 0 Å². The highest BCUT2D eigenvalue weighted by atomic mass is 16.3. The maximum absolute atomic E-state index is 9.12. The molecule has 0 atom stereocenters. The molecule has 2 aromatic rings. The van der Waals surface area contributed by atoms with Crippen LogP contribution in [0.3, 0.4) is 0 Å². The lowest BCUT2D eigenvalue weighted by atomic mass is 10.1. The summed E-state index contributed by atoms with van der Waals surface area (Å²) >= 11 is 0. The van der Waals surface area contributed by atoms with Crippen LogP contribution in [0.25, 0.3) is 11.1 Å². The van der Waals surface area contributed by atoms with Gasteiger partial charge in [0.2, 0.25) is 0 Å². The van der Waals surface area contributed by atoms with Gasteiger partial charge in [-0.15, -0.1) is 0 Å². The lowest BCUT2D eigenvalue weighted by Crippen LogP contribution is -1.89. The molecule has 0 bridgehead atoms. The number of anilines is 1. The van der Waals surface area contributed by atoms with E-state index in [0.717, 1.165) is 11.1 Å². The lowest BCUT2D eigenvalue weighted by molar-refractivity contribution is 0.475. The van der Waals surface area contributed by atoms with Crippen LogP contribution in [0.2, 0.25) is 0 Å². The van der Waals surface area contributed by atoms with E-state index < -0.39 is 0 Å². The summed E-state index contributed by atoms with van der Waals surface area (Å²) < 4.78 is 0. The van der Waals surface area contributed by atoms with Crippen molar-refractivity contribution in [2.45, 2.75) is 0 Å². The summed E-state index contributed by atoms with van der Waals surface area (Å²) in [5.41, 5.74) is 7.57. The monoisotopic (exact) mass is 186 g/mol. The molecule has 0 aliphatic heterocycles. The molecule has 0 aliphatic carbocycles. The van der Waals surface area contributed by atoms with Gasteiger partial charge in [-0.25, -0.2) is 4.98 Å². The van der Waals surface area contributed by atoms with E-state index in [0.29, 0.717) is 5.82 Å². The summed E-state index contributed by atoms with van der Waals surface area (Å²) in [4.78, 5) is 3.91. The number of aromatic nitrogens is 1. The van der Waals surface area contributed by atoms with Crippen molar-refractivity contribution >= 4 is 5.82 Å². The summed E-state index contributed by atoms with van der Waals surface area (Å²) in [6.07, 6.45) is 1.66. The summed E-state index contributed by atoms with van der Waals surface area (Å²) in [6, 6.07) is 10.6. The molecule has 70 valence electrons. The van der Waals surface area contributed by atoms with Crippen LogP contribution in [-0.4, -0.2) is 10.1 Å². The van der Waals surface area contributed by atoms with Crippen LogP contribution < -0.4 is 5.73 Å². The number of phenolic OH excluding ortho intramolecular Hbond substituents is 1. The molecule has 1 aromatic carbocycles. The van der Waals surface area contributed by atoms with Crippen molar-refractivity contribution < 1.29 is 5.11 Å². The van der Waals surface area contributed by atoms with E-state index in [4.69, 9.17) is 10.8 Å². The molecule has 0 spiro atoms. The molecule has 0 saturated carbocycles. The standard InChI is InChI=1S/C11H10N2O/c12-11-7-9(5-6-13-11)8-1-3-10(14)4-2-8/h1-7,14H,(H2,12,13). The van der Waals surface area contributed by atoms with Gasteiger partial charge < -0.3 is 10.8 Å². The first-order valence-corrected chi connectivity index (χ1v) is 4.26. The van der Waals surface area contributed by atoms with Gasteiger partial charge in [-0.1, -0.05) is 12.1 Å². The maximum Gasteiger partial charge on any atom is 0.123 e. The number of hydrogen-bond acceptors (Lipinski definition) is 3. The minimum absolute atomic E-state index is 0.260. The second kappa shape index (κ2) is 3.38. The van der Waals surface area contributed by atoms with E-state index in [1.165, 1.54) is 0 Å². The van der Waals surface area contributed by atoms with E-state index in [1.807, 2.05) is 18.2 Å². The van der Waals surface area contributed by atoms with Crippen molar-refractivity contribution in [2.24, 2.45) is 0 Å². The Kier molecular flexibility index (Phi) is 2.07. The predicted octanol–water partition coefficient (Wildman–Crippen LogP) is 2.04. The number of phenols is 1. The predicted molar refractivity (Wildman–Crippen MR) is 55.8 cm³/mol. The zero-order valence-electron chi connectivity index (χ0n) is 7.51. The van der Waals surface area contributed by atoms with Crippen LogP contribution in [0, 0.1) is 0 Å². The summed E-state index contributed by atoms with van der Waals surface area (Å²) in [6.45, 7) is 0. The van der Waals surface area contributed by atoms with Crippen molar-refractivity contribution in [1.29, 1.82) is 0 Å². The van der Waals surface area contributed by atoms with Gasteiger partial charge in [0.1, 0.15) is 11.6 Å². The van der Waals surface area contributed by atoms with Crippen LogP contribution in [0.1, 0.15) is 0 Å². The van der Waals surface area contributed by atoms with Crippen molar-refractivity contribution in [3.05, 3.63) is 42.6 Å². The molecule has 3 nitrogen and oxygen atoms in total. The first-order chi connectivity index (χ1) is 6.75. The summed E-state index contributed by atoms with van der Waals surface area (Å²) in [5, 5.41) is 9.12. The number of pyridine rings is 1. The molecule has 14 heavy (non-hydrogen) atoms. The van der Waals surface area contributed by atoms with E-state index in [2.05, 4.69) is 4.98 Å². The fourth-order valence-electron chi connectivity index (χ4n) is 1.28. The second-order valence-electron chi connectivity index (χ2n) is 3.02. The number of nitrogens with two attached hydrogens (primary N) is 1. The average Bonchev–Trinajstić information content (AvgIpc) is 2.19. The number of nitrogens with zero attached hydrogens (tertiary/aromatic N) is 1. The topological polar surface area (TPSA) is 59.1 Å². The Hall–Kier alpha value is -2.03. The highest BCUT2D eigenvalue weighted by Gasteiger charge is 1.97. The van der Waals surface area contributed by atoms with E-state index in [-0.39, 0.29) is 5.75 Å². The molecule has 1 heterocycles. The first-order valence-electron chi connectivity index (χ1n) is 4.26. The van der Waals surface area contributed by atoms with Gasteiger partial charge in [-0.2, -0.15) is 0 Å². The van der Waals surface area contributed by atoms with E-state index >= 15 is 0 Å². The molecule has 3 N–H and O–H groups in total. The van der Waals surface area contributed by atoms with Gasteiger partial charge in [0.25, 0.3) is 0 Å². The number of nitrogen functional groups attached to an aromatic ring is 1. The Labute approximate surface area is 81.8 Å². The second-order valence-corrected chi connectivity index (χ2v) is 3.02. The van der Waals surface area contributed by atoms with E-state index in [1.54, 1.807) is 24.4 Å². The number of hydrogen-bond donors (Lipinski definition) is 2. The van der Waals surface area contributed by atoms with Crippen LogP contribution in [0.15, 0.2) is 42.6 Å². The molecule has 2 rings (SSSR count). The third-order valence-corrected chi connectivity index (χ3v) is 1.98. The van der Waals surface area contributed by atoms with Crippen molar-refractivity contribution in [3.63, 3.8) is 0 Å². The van der Waals surface area contributed by atoms with Crippen molar-refractivity contribution in [3.8, 4) is 16.9 Å². The summed E-state index contributed by atoms with van der Waals surface area (Å²) in [5.74, 6) is 0.756. The van der Waals surface area contributed by atoms with Gasteiger partial charge in [0, 0.05) is 6.20 Å². The lowest BCUT2D eigenvalue weighted by Gasteiger charge is -2.01. The highest BCUT2D eigenvalue weighted by Crippen LogP contribution is 2.22. The van der Waals surface area contributed by atoms with Crippen molar-refractivity contribution in [1.82, 2.24) is 4.98 Å². The maximum atomic E-state index is 9.12. The molecule has 0 aliphatic rings. The molecule has 0 fully saturated rings. The molecular formula is C11H10N2O. The molecule has 0 saturated heterocycles. The zero-order chi connectivity index (χ0) is 9.97. The molecule has 1 aromatic heterocycles. The zero-order valence-corrected chi connectivity index (χ0v) is 7.51. The average molecular weight is 186 g/mol. The van der Waals surface area contributed by atoms with Crippen LogP contribution in [0.4, 0.5) is 5.82 Å². The smallest absolute Gasteiger partial charge is 0.123 e. The van der Waals surface area contributed by atoms with Crippen LogP contribution in [0.5, 0.6) is 5.75 Å². The van der Waals surface area contributed by atoms with E-state index in [9.17, 15) is 0 Å². The van der Waals surface area contributed by atoms with Gasteiger partial charge in [0.15, 0.2) is 0 Å². The fourth-order valence-corrected chi connectivity index (χ4v) is 1.28. The minimum Gasteiger partial charge on any atom is -0.508 e. The Balaban J connectivity index is 2.44. The van der Waals surface area contributed by atoms with Gasteiger partial charge in [0.05, 0.1) is 0 Å². The van der Waals surface area contributed by atoms with Crippen molar-refractivity contribution in [2.75, 3.05) is 5.73 Å². The largest absolute Gasteiger partial charge is 0.508 e. The molecule has 0 unspecified atom stereocenters. The molecule has 0 radical (unpaired) electrons. The quantitative estimate of drug-likeness (QED) is 0.716. The number of benzene rings is 1. The Bertz CT molecular complexity index is 437. The highest BCUT2D eigenvalue weighted by molar-refractivity contribution is 5.66. The third kappa shape index (κ3) is 1.66. The molecule has 3 heteroatoms. The SMILES string of the molecule is Nc1cc(-c2ccc(O)cc2)ccn1. The Morgan fingerprint density at radius 2 is 1.71 bits per heavy atom. The molecule has 0 amide bonds. The molecular weight excluding hydrogens is 176 g/mol. The van der Waals surface area contributed by atoms with Crippen LogP contribution in [-0.2, 0) is 0 Å². The number of rotatable bonds is 1. The van der Waals surface area contributed by atoms with Gasteiger partial charge in [-0.05, 0) is 35.4 Å². The summed E-state index contributed by atoms with van der Waals surface area (Å²) in [7, 11) is 0. The minimum atomic E-state index is 0.260.